The third kappa shape index (κ3) is 6.40. The van der Waals surface area contributed by atoms with Crippen LogP contribution >= 0.6 is 23.2 Å². The molecule has 3 aromatic heterocycles. The van der Waals surface area contributed by atoms with Crippen molar-refractivity contribution in [2.45, 2.75) is 69.6 Å². The lowest BCUT2D eigenvalue weighted by Gasteiger charge is -2.28. The molecule has 0 spiro atoms. The number of carbonyl (C=O) groups excluding carboxylic acids is 1. The van der Waals surface area contributed by atoms with Crippen LogP contribution in [-0.2, 0) is 22.7 Å². The number of benzene rings is 2. The maximum absolute atomic E-state index is 11.9. The maximum atomic E-state index is 11.9. The summed E-state index contributed by atoms with van der Waals surface area (Å²) in [5.74, 6) is -0.0704. The van der Waals surface area contributed by atoms with Gasteiger partial charge >= 0.3 is 5.97 Å². The smallest absolute Gasteiger partial charge is 0.309 e. The van der Waals surface area contributed by atoms with E-state index in [1.165, 1.54) is 0 Å². The van der Waals surface area contributed by atoms with E-state index in [-0.39, 0.29) is 17.5 Å². The summed E-state index contributed by atoms with van der Waals surface area (Å²) in [7, 11) is 1.60. The average molecular weight is 741 g/mol. The second-order valence-electron chi connectivity index (χ2n) is 14.3. The summed E-state index contributed by atoms with van der Waals surface area (Å²) in [6.45, 7) is 1.83. The molecular formula is C39H39Cl2N7O4. The quantitative estimate of drug-likeness (QED) is 0.110. The molecule has 1 saturated heterocycles. The van der Waals surface area contributed by atoms with Crippen LogP contribution in [0, 0.1) is 5.41 Å². The molecule has 4 N–H and O–H groups in total. The van der Waals surface area contributed by atoms with Crippen molar-refractivity contribution in [2.24, 2.45) is 5.41 Å². The fraction of sp³-hybridized carbons (Fsp3) is 0.359. The molecule has 13 heteroatoms. The number of nitrogens with zero attached hydrogens (tertiary/aromatic N) is 4. The summed E-state index contributed by atoms with van der Waals surface area (Å²) in [6, 6.07) is 17.7. The van der Waals surface area contributed by atoms with E-state index in [0.29, 0.717) is 65.4 Å². The molecular weight excluding hydrogens is 701 g/mol. The number of aromatic nitrogens is 4. The highest BCUT2D eigenvalue weighted by molar-refractivity contribution is 6.39. The fourth-order valence-corrected chi connectivity index (χ4v) is 8.83. The molecule has 1 amide bonds. The number of amides is 1. The van der Waals surface area contributed by atoms with Gasteiger partial charge in [-0.25, -0.2) is 14.6 Å². The van der Waals surface area contributed by atoms with Crippen LogP contribution in [0.1, 0.15) is 56.1 Å². The van der Waals surface area contributed by atoms with E-state index in [1.807, 2.05) is 60.9 Å². The van der Waals surface area contributed by atoms with Crippen LogP contribution in [0.25, 0.3) is 39.1 Å². The van der Waals surface area contributed by atoms with Gasteiger partial charge in [0.1, 0.15) is 0 Å². The number of fused-ring (bicyclic) bond motifs is 3. The van der Waals surface area contributed by atoms with Crippen LogP contribution < -0.4 is 20.7 Å². The first-order chi connectivity index (χ1) is 25.2. The molecule has 1 atom stereocenters. The number of hydrogen-bond donors (Lipinski definition) is 4. The Morgan fingerprint density at radius 3 is 2.54 bits per heavy atom. The van der Waals surface area contributed by atoms with Crippen LogP contribution in [0.4, 0.5) is 0 Å². The first-order valence-electron chi connectivity index (χ1n) is 17.6. The van der Waals surface area contributed by atoms with Crippen molar-refractivity contribution in [3.05, 3.63) is 88.2 Å². The maximum Gasteiger partial charge on any atom is 0.309 e. The number of carboxylic acids is 1. The number of pyridine rings is 2. The molecule has 0 unspecified atom stereocenters. The highest BCUT2D eigenvalue weighted by Gasteiger charge is 2.58. The standard InChI is InChI=1S/C39H39Cl2N7O4/c1-52-36-24(19-42-20-26-9-11-32(49)45-26)8-10-30(46-36)29-6-2-4-27(33(29)40)28-5-3-7-31(34(28)41)48-21-25-16-23(17-43-35(25)47-48)18-44-39-14-12-38(22-39,13-15-39)37(50)51/h2-8,10,16-17,21,26,42,44H,9,11-15,18-20,22H2,1H3,(H,45,49)(H,50,51)/t26-,38?,39?/m0/s1. The molecule has 3 aliphatic rings. The molecule has 1 aliphatic heterocycles. The summed E-state index contributed by atoms with van der Waals surface area (Å²) in [5, 5.41) is 26.4. The van der Waals surface area contributed by atoms with Crippen molar-refractivity contribution >= 4 is 46.1 Å². The Morgan fingerprint density at radius 2 is 1.81 bits per heavy atom. The predicted molar refractivity (Wildman–Crippen MR) is 200 cm³/mol. The van der Waals surface area contributed by atoms with Crippen LogP contribution in [0.5, 0.6) is 5.88 Å². The molecule has 2 saturated carbocycles. The van der Waals surface area contributed by atoms with Crippen molar-refractivity contribution in [1.82, 2.24) is 35.7 Å². The van der Waals surface area contributed by atoms with Gasteiger partial charge in [0.2, 0.25) is 11.8 Å². The number of nitrogens with one attached hydrogen (secondary N) is 3. The number of halogens is 2. The van der Waals surface area contributed by atoms with Gasteiger partial charge < -0.3 is 25.8 Å². The monoisotopic (exact) mass is 739 g/mol. The van der Waals surface area contributed by atoms with Crippen molar-refractivity contribution in [3.8, 4) is 34.0 Å². The zero-order valence-electron chi connectivity index (χ0n) is 28.7. The summed E-state index contributed by atoms with van der Waals surface area (Å²) in [4.78, 5) is 32.9. The minimum Gasteiger partial charge on any atom is -0.481 e. The van der Waals surface area contributed by atoms with Crippen LogP contribution in [0.3, 0.4) is 0 Å². The van der Waals surface area contributed by atoms with E-state index in [1.54, 1.807) is 11.8 Å². The van der Waals surface area contributed by atoms with Crippen molar-refractivity contribution in [2.75, 3.05) is 13.7 Å². The van der Waals surface area contributed by atoms with Gasteiger partial charge in [0.05, 0.1) is 34.0 Å². The molecule has 2 aliphatic carbocycles. The molecule has 3 fully saturated rings. The Bertz CT molecular complexity index is 2200. The Morgan fingerprint density at radius 1 is 1.04 bits per heavy atom. The first kappa shape index (κ1) is 34.5. The highest BCUT2D eigenvalue weighted by atomic mass is 35.5. The largest absolute Gasteiger partial charge is 0.481 e. The summed E-state index contributed by atoms with van der Waals surface area (Å²) < 4.78 is 7.40. The minimum absolute atomic E-state index is 0.0961. The lowest BCUT2D eigenvalue weighted by molar-refractivity contribution is -0.148. The minimum atomic E-state index is -0.664. The van der Waals surface area contributed by atoms with E-state index in [9.17, 15) is 14.7 Å². The molecule has 5 aromatic rings. The second kappa shape index (κ2) is 13.8. The number of aliphatic carboxylic acids is 1. The Balaban J connectivity index is 1.01. The normalized spacial score (nSPS) is 22.3. The number of hydrogen-bond acceptors (Lipinski definition) is 8. The molecule has 11 nitrogen and oxygen atoms in total. The Kier molecular flexibility index (Phi) is 9.15. The number of ether oxygens (including phenoxy) is 1. The third-order valence-electron chi connectivity index (χ3n) is 11.1. The van der Waals surface area contributed by atoms with Gasteiger partial charge in [-0.1, -0.05) is 59.6 Å². The van der Waals surface area contributed by atoms with E-state index in [0.717, 1.165) is 65.3 Å². The van der Waals surface area contributed by atoms with Gasteiger partial charge in [0, 0.05) is 77.7 Å². The molecule has 268 valence electrons. The topological polar surface area (TPSA) is 143 Å². The lowest BCUT2D eigenvalue weighted by atomic mass is 9.84. The van der Waals surface area contributed by atoms with Crippen molar-refractivity contribution in [1.29, 1.82) is 0 Å². The summed E-state index contributed by atoms with van der Waals surface area (Å²) in [5.41, 5.74) is 5.42. The van der Waals surface area contributed by atoms with E-state index >= 15 is 0 Å². The second-order valence-corrected chi connectivity index (χ2v) is 15.1. The van der Waals surface area contributed by atoms with Crippen LogP contribution in [-0.4, -0.2) is 62.0 Å². The average Bonchev–Trinajstić information content (AvgIpc) is 3.95. The van der Waals surface area contributed by atoms with Crippen molar-refractivity contribution in [3.63, 3.8) is 0 Å². The van der Waals surface area contributed by atoms with Crippen molar-refractivity contribution < 1.29 is 19.4 Å². The Labute approximate surface area is 311 Å². The lowest BCUT2D eigenvalue weighted by Crippen LogP contribution is -2.40. The van der Waals surface area contributed by atoms with Gasteiger partial charge in [-0.2, -0.15) is 0 Å². The van der Waals surface area contributed by atoms with Gasteiger partial charge in [-0.05, 0) is 62.3 Å². The third-order valence-corrected chi connectivity index (χ3v) is 11.9. The van der Waals surface area contributed by atoms with Gasteiger partial charge in [-0.15, -0.1) is 5.10 Å². The van der Waals surface area contributed by atoms with Gasteiger partial charge in [0.25, 0.3) is 0 Å². The predicted octanol–water partition coefficient (Wildman–Crippen LogP) is 6.71. The van der Waals surface area contributed by atoms with E-state index < -0.39 is 11.4 Å². The zero-order chi connectivity index (χ0) is 36.0. The van der Waals surface area contributed by atoms with Crippen LogP contribution in [0.15, 0.2) is 67.0 Å². The van der Waals surface area contributed by atoms with E-state index in [4.69, 9.17) is 38.0 Å². The molecule has 2 bridgehead atoms. The summed E-state index contributed by atoms with van der Waals surface area (Å²) in [6.07, 6.45) is 9.06. The molecule has 4 heterocycles. The molecule has 0 radical (unpaired) electrons. The SMILES string of the molecule is COc1nc(-c2cccc(-c3cccc(-n4cc5cc(CNC67CCC(C(=O)O)(CC6)C7)cnc5n4)c3Cl)c2Cl)ccc1CNC[C@@H]1CCC(=O)N1. The Hall–Kier alpha value is -4.55. The van der Waals surface area contributed by atoms with Gasteiger partial charge in [0.15, 0.2) is 5.65 Å². The zero-order valence-corrected chi connectivity index (χ0v) is 30.2. The first-order valence-corrected chi connectivity index (χ1v) is 18.4. The molecule has 8 rings (SSSR count). The van der Waals surface area contributed by atoms with Crippen LogP contribution in [0.2, 0.25) is 10.0 Å². The number of rotatable bonds is 12. The highest BCUT2D eigenvalue weighted by Crippen LogP contribution is 2.56. The van der Waals surface area contributed by atoms with Gasteiger partial charge in [-0.3, -0.25) is 9.59 Å². The molecule has 2 aromatic carbocycles. The van der Waals surface area contributed by atoms with E-state index in [2.05, 4.69) is 27.0 Å². The number of methoxy groups -OCH3 is 1. The number of carbonyl (C=O) groups is 2. The fourth-order valence-electron chi connectivity index (χ4n) is 8.19. The number of carboxylic acid groups (broad SMARTS) is 1. The summed E-state index contributed by atoms with van der Waals surface area (Å²) >= 11 is 14.2. The molecule has 52 heavy (non-hydrogen) atoms.